The van der Waals surface area contributed by atoms with Crippen LogP contribution >= 0.6 is 11.8 Å². The number of aryl methyl sites for hydroxylation is 1. The number of nitrogens with one attached hydrogen (secondary N) is 1. The minimum atomic E-state index is 0.0216. The van der Waals surface area contributed by atoms with Crippen LogP contribution in [-0.2, 0) is 11.4 Å². The van der Waals surface area contributed by atoms with Gasteiger partial charge in [-0.3, -0.25) is 4.79 Å². The number of aromatic nitrogens is 2. The molecular formula is C19H25N3O3S. The maximum atomic E-state index is 12.0. The number of carbonyl (C=O) groups is 1. The first-order chi connectivity index (χ1) is 12.6. The number of amides is 1. The minimum absolute atomic E-state index is 0.0216. The van der Waals surface area contributed by atoms with E-state index in [9.17, 15) is 4.79 Å². The molecule has 0 saturated heterocycles. The molecule has 1 aromatic carbocycles. The molecule has 0 aliphatic heterocycles. The van der Waals surface area contributed by atoms with Crippen molar-refractivity contribution >= 4 is 17.7 Å². The van der Waals surface area contributed by atoms with Gasteiger partial charge in [-0.2, -0.15) is 0 Å². The summed E-state index contributed by atoms with van der Waals surface area (Å²) in [5.41, 5.74) is 2.27. The molecule has 0 radical (unpaired) electrons. The van der Waals surface area contributed by atoms with Crippen LogP contribution in [0.2, 0.25) is 0 Å². The second-order valence-electron chi connectivity index (χ2n) is 6.64. The molecule has 0 spiro atoms. The number of rotatable bonds is 7. The van der Waals surface area contributed by atoms with Gasteiger partial charge in [0.05, 0.1) is 5.75 Å². The first kappa shape index (κ1) is 18.8. The van der Waals surface area contributed by atoms with Gasteiger partial charge in [0.2, 0.25) is 5.91 Å². The molecule has 0 unspecified atom stereocenters. The fourth-order valence-corrected chi connectivity index (χ4v) is 3.61. The Morgan fingerprint density at radius 2 is 2.08 bits per heavy atom. The highest BCUT2D eigenvalue weighted by molar-refractivity contribution is 7.99. The van der Waals surface area contributed by atoms with Gasteiger partial charge in [0.15, 0.2) is 6.61 Å². The smallest absolute Gasteiger partial charge is 0.277 e. The van der Waals surface area contributed by atoms with Crippen LogP contribution in [0.25, 0.3) is 0 Å². The molecule has 1 heterocycles. The summed E-state index contributed by atoms with van der Waals surface area (Å²) in [6, 6.07) is 6.24. The molecule has 6 nitrogen and oxygen atoms in total. The van der Waals surface area contributed by atoms with E-state index in [1.807, 2.05) is 32.0 Å². The van der Waals surface area contributed by atoms with Crippen LogP contribution in [0.1, 0.15) is 49.1 Å². The Kier molecular flexibility index (Phi) is 6.55. The fraction of sp³-hybridized carbons (Fsp3) is 0.526. The molecule has 26 heavy (non-hydrogen) atoms. The van der Waals surface area contributed by atoms with Gasteiger partial charge in [-0.05, 0) is 43.9 Å². The monoisotopic (exact) mass is 375 g/mol. The van der Waals surface area contributed by atoms with Crippen LogP contribution in [0, 0.1) is 13.8 Å². The van der Waals surface area contributed by atoms with Crippen molar-refractivity contribution in [2.45, 2.75) is 63.8 Å². The quantitative estimate of drug-likeness (QED) is 0.742. The number of carbonyl (C=O) groups excluding carboxylic acids is 1. The van der Waals surface area contributed by atoms with Crippen molar-refractivity contribution in [2.75, 3.05) is 5.75 Å². The standard InChI is InChI=1S/C19H25N3O3S/c1-13-7-6-10-16(14(13)2)24-11-18-21-22-19(25-18)26-12-17(23)20-15-8-4-3-5-9-15/h6-7,10,15H,3-5,8-9,11-12H2,1-2H3,(H,20,23). The molecule has 1 fully saturated rings. The minimum Gasteiger partial charge on any atom is -0.484 e. The van der Waals surface area contributed by atoms with Gasteiger partial charge in [-0.15, -0.1) is 10.2 Å². The van der Waals surface area contributed by atoms with Gasteiger partial charge < -0.3 is 14.5 Å². The van der Waals surface area contributed by atoms with Crippen molar-refractivity contribution in [3.63, 3.8) is 0 Å². The van der Waals surface area contributed by atoms with Crippen LogP contribution < -0.4 is 10.1 Å². The average molecular weight is 375 g/mol. The van der Waals surface area contributed by atoms with Crippen LogP contribution in [-0.4, -0.2) is 27.9 Å². The van der Waals surface area contributed by atoms with Crippen molar-refractivity contribution < 1.29 is 13.9 Å². The molecule has 1 aliphatic rings. The molecule has 1 saturated carbocycles. The lowest BCUT2D eigenvalue weighted by Crippen LogP contribution is -2.37. The lowest BCUT2D eigenvalue weighted by Gasteiger charge is -2.22. The molecular weight excluding hydrogens is 350 g/mol. The zero-order valence-electron chi connectivity index (χ0n) is 15.3. The molecule has 1 amide bonds. The van der Waals surface area contributed by atoms with Gasteiger partial charge in [-0.25, -0.2) is 0 Å². The topological polar surface area (TPSA) is 77.2 Å². The summed E-state index contributed by atoms with van der Waals surface area (Å²) in [5, 5.41) is 11.4. The Labute approximate surface area is 158 Å². The largest absolute Gasteiger partial charge is 0.484 e. The summed E-state index contributed by atoms with van der Waals surface area (Å²) >= 11 is 1.26. The summed E-state index contributed by atoms with van der Waals surface area (Å²) in [6.45, 7) is 4.28. The summed E-state index contributed by atoms with van der Waals surface area (Å²) in [5.74, 6) is 1.52. The van der Waals surface area contributed by atoms with E-state index in [0.29, 0.717) is 17.2 Å². The normalized spacial score (nSPS) is 15.0. The molecule has 0 bridgehead atoms. The Hall–Kier alpha value is -2.02. The van der Waals surface area contributed by atoms with Crippen LogP contribution in [0.5, 0.6) is 5.75 Å². The number of nitrogens with zero attached hydrogens (tertiary/aromatic N) is 2. The first-order valence-corrected chi connectivity index (χ1v) is 10.0. The highest BCUT2D eigenvalue weighted by atomic mass is 32.2. The molecule has 7 heteroatoms. The number of thioether (sulfide) groups is 1. The summed E-state index contributed by atoms with van der Waals surface area (Å²) in [7, 11) is 0. The number of hydrogen-bond donors (Lipinski definition) is 1. The second-order valence-corrected chi connectivity index (χ2v) is 7.57. The molecule has 140 valence electrons. The zero-order chi connectivity index (χ0) is 18.4. The van der Waals surface area contributed by atoms with E-state index < -0.39 is 0 Å². The third-order valence-electron chi connectivity index (χ3n) is 4.65. The highest BCUT2D eigenvalue weighted by Crippen LogP contribution is 2.23. The maximum Gasteiger partial charge on any atom is 0.277 e. The van der Waals surface area contributed by atoms with E-state index in [2.05, 4.69) is 15.5 Å². The van der Waals surface area contributed by atoms with Crippen molar-refractivity contribution in [3.8, 4) is 5.75 Å². The second kappa shape index (κ2) is 9.07. The molecule has 0 atom stereocenters. The molecule has 3 rings (SSSR count). The van der Waals surface area contributed by atoms with Crippen molar-refractivity contribution in [2.24, 2.45) is 0 Å². The fourth-order valence-electron chi connectivity index (χ4n) is 3.02. The van der Waals surface area contributed by atoms with Gasteiger partial charge in [0.25, 0.3) is 11.1 Å². The maximum absolute atomic E-state index is 12.0. The average Bonchev–Trinajstić information content (AvgIpc) is 3.10. The predicted octanol–water partition coefficient (Wildman–Crippen LogP) is 3.81. The lowest BCUT2D eigenvalue weighted by atomic mass is 9.95. The molecule has 1 N–H and O–H groups in total. The Bertz CT molecular complexity index is 741. The van der Waals surface area contributed by atoms with Gasteiger partial charge in [-0.1, -0.05) is 43.2 Å². The van der Waals surface area contributed by atoms with Crippen molar-refractivity contribution in [1.82, 2.24) is 15.5 Å². The Balaban J connectivity index is 1.44. The Morgan fingerprint density at radius 1 is 1.27 bits per heavy atom. The van der Waals surface area contributed by atoms with E-state index in [1.165, 1.54) is 36.6 Å². The molecule has 1 aliphatic carbocycles. The van der Waals surface area contributed by atoms with Crippen molar-refractivity contribution in [3.05, 3.63) is 35.2 Å². The number of ether oxygens (including phenoxy) is 1. The third kappa shape index (κ3) is 5.24. The third-order valence-corrected chi connectivity index (χ3v) is 5.47. The lowest BCUT2D eigenvalue weighted by molar-refractivity contribution is -0.119. The Morgan fingerprint density at radius 3 is 2.88 bits per heavy atom. The predicted molar refractivity (Wildman–Crippen MR) is 100 cm³/mol. The number of hydrogen-bond acceptors (Lipinski definition) is 6. The van der Waals surface area contributed by atoms with E-state index in [4.69, 9.17) is 9.15 Å². The van der Waals surface area contributed by atoms with Crippen molar-refractivity contribution in [1.29, 1.82) is 0 Å². The molecule has 2 aromatic rings. The van der Waals surface area contributed by atoms with Gasteiger partial charge in [0, 0.05) is 6.04 Å². The van der Waals surface area contributed by atoms with Crippen LogP contribution in [0.4, 0.5) is 0 Å². The highest BCUT2D eigenvalue weighted by Gasteiger charge is 2.17. The summed E-state index contributed by atoms with van der Waals surface area (Å²) < 4.78 is 11.3. The van der Waals surface area contributed by atoms with Crippen LogP contribution in [0.3, 0.4) is 0 Å². The summed E-state index contributed by atoms with van der Waals surface area (Å²) in [4.78, 5) is 12.0. The van der Waals surface area contributed by atoms with E-state index in [0.717, 1.165) is 24.2 Å². The van der Waals surface area contributed by atoms with Gasteiger partial charge in [0.1, 0.15) is 5.75 Å². The summed E-state index contributed by atoms with van der Waals surface area (Å²) in [6.07, 6.45) is 5.83. The van der Waals surface area contributed by atoms with E-state index >= 15 is 0 Å². The van der Waals surface area contributed by atoms with E-state index in [1.54, 1.807) is 0 Å². The van der Waals surface area contributed by atoms with Gasteiger partial charge >= 0.3 is 0 Å². The first-order valence-electron chi connectivity index (χ1n) is 9.05. The zero-order valence-corrected chi connectivity index (χ0v) is 16.1. The van der Waals surface area contributed by atoms with Crippen LogP contribution in [0.15, 0.2) is 27.8 Å². The van der Waals surface area contributed by atoms with E-state index in [-0.39, 0.29) is 18.3 Å². The SMILES string of the molecule is Cc1cccc(OCc2nnc(SCC(=O)NC3CCCCC3)o2)c1C. The molecule has 1 aromatic heterocycles. The number of benzene rings is 1.